The number of ether oxygens (including phenoxy) is 2. The number of hydrogen-bond acceptors (Lipinski definition) is 6. The fourth-order valence-electron chi connectivity index (χ4n) is 3.74. The lowest BCUT2D eigenvalue weighted by Gasteiger charge is -2.35. The molecular formula is C25H30F3N5O4Si. The summed E-state index contributed by atoms with van der Waals surface area (Å²) in [7, 11) is -1.34. The van der Waals surface area contributed by atoms with Crippen LogP contribution in [0.5, 0.6) is 5.75 Å². The lowest BCUT2D eigenvalue weighted by Crippen LogP contribution is -2.52. The predicted octanol–water partition coefficient (Wildman–Crippen LogP) is 5.18. The predicted molar refractivity (Wildman–Crippen MR) is 137 cm³/mol. The third kappa shape index (κ3) is 7.69. The number of carbonyl (C=O) groups excluding carboxylic acids is 2. The van der Waals surface area contributed by atoms with Gasteiger partial charge in [-0.25, -0.2) is 9.78 Å². The van der Waals surface area contributed by atoms with E-state index in [-0.39, 0.29) is 36.1 Å². The van der Waals surface area contributed by atoms with Gasteiger partial charge in [-0.05, 0) is 36.2 Å². The van der Waals surface area contributed by atoms with Crippen molar-refractivity contribution in [2.24, 2.45) is 0 Å². The Morgan fingerprint density at radius 3 is 2.53 bits per heavy atom. The molecule has 9 nitrogen and oxygen atoms in total. The summed E-state index contributed by atoms with van der Waals surface area (Å²) in [6, 6.07) is 8.42. The number of benzene rings is 1. The monoisotopic (exact) mass is 549 g/mol. The number of carbonyl (C=O) groups is 2. The fourth-order valence-corrected chi connectivity index (χ4v) is 4.49. The summed E-state index contributed by atoms with van der Waals surface area (Å²) in [5.41, 5.74) is 1.06. The summed E-state index contributed by atoms with van der Waals surface area (Å²) in [6.45, 7) is 8.59. The molecule has 0 spiro atoms. The number of pyridine rings is 1. The molecule has 0 saturated heterocycles. The first-order valence-electron chi connectivity index (χ1n) is 12.0. The maximum Gasteiger partial charge on any atom is 0.573 e. The van der Waals surface area contributed by atoms with Gasteiger partial charge in [0.05, 0.1) is 17.3 Å². The molecule has 1 unspecified atom stereocenters. The quantitative estimate of drug-likeness (QED) is 0.341. The molecule has 0 radical (unpaired) electrons. The van der Waals surface area contributed by atoms with E-state index in [1.165, 1.54) is 46.3 Å². The molecule has 1 N–H and O–H groups in total. The number of aromatic nitrogens is 1. The number of halogens is 3. The second kappa shape index (κ2) is 11.8. The second-order valence-corrected chi connectivity index (χ2v) is 15.6. The van der Waals surface area contributed by atoms with Gasteiger partial charge in [0, 0.05) is 20.9 Å². The van der Waals surface area contributed by atoms with E-state index in [4.69, 9.17) is 4.74 Å². The highest BCUT2D eigenvalue weighted by atomic mass is 28.3. The zero-order valence-electron chi connectivity index (χ0n) is 21.6. The number of hydrogen-bond donors (Lipinski definition) is 1. The molecule has 3 amide bonds. The molecule has 1 aliphatic heterocycles. The van der Waals surface area contributed by atoms with Crippen molar-refractivity contribution in [2.75, 3.05) is 29.7 Å². The first-order valence-corrected chi connectivity index (χ1v) is 15.7. The van der Waals surface area contributed by atoms with E-state index < -0.39 is 32.4 Å². The van der Waals surface area contributed by atoms with Crippen molar-refractivity contribution in [1.82, 2.24) is 10.3 Å². The highest BCUT2D eigenvalue weighted by molar-refractivity contribution is 6.76. The maximum atomic E-state index is 13.3. The molecule has 3 rings (SSSR count). The Bertz CT molecular complexity index is 1200. The van der Waals surface area contributed by atoms with Crippen LogP contribution >= 0.6 is 0 Å². The first-order chi connectivity index (χ1) is 17.8. The van der Waals surface area contributed by atoms with E-state index >= 15 is 0 Å². The SMILES string of the molecule is CCC(NC(=O)N1CC(=O)N(COCC[Si](C)(C)C)c2cc(C#N)cnc21)c1ccc(OC(F)(F)F)cc1. The van der Waals surface area contributed by atoms with Gasteiger partial charge in [-0.2, -0.15) is 5.26 Å². The summed E-state index contributed by atoms with van der Waals surface area (Å²) in [5.74, 6) is -0.583. The van der Waals surface area contributed by atoms with Crippen molar-refractivity contribution in [3.63, 3.8) is 0 Å². The van der Waals surface area contributed by atoms with Crippen LogP contribution in [0.25, 0.3) is 0 Å². The summed E-state index contributed by atoms with van der Waals surface area (Å²) in [4.78, 5) is 33.2. The smallest absolute Gasteiger partial charge is 0.406 e. The minimum atomic E-state index is -4.81. The van der Waals surface area contributed by atoms with Crippen LogP contribution in [0.4, 0.5) is 29.5 Å². The minimum Gasteiger partial charge on any atom is -0.406 e. The highest BCUT2D eigenvalue weighted by Crippen LogP contribution is 2.33. The van der Waals surface area contributed by atoms with Crippen LogP contribution in [-0.4, -0.2) is 51.2 Å². The van der Waals surface area contributed by atoms with Gasteiger partial charge in [0.25, 0.3) is 0 Å². The Balaban J connectivity index is 1.78. The molecule has 13 heteroatoms. The van der Waals surface area contributed by atoms with Gasteiger partial charge in [-0.15, -0.1) is 13.2 Å². The van der Waals surface area contributed by atoms with Gasteiger partial charge in [0.15, 0.2) is 5.82 Å². The second-order valence-electron chi connectivity index (χ2n) is 9.96. The zero-order chi connectivity index (χ0) is 28.1. The molecule has 38 heavy (non-hydrogen) atoms. The molecule has 1 atom stereocenters. The summed E-state index contributed by atoms with van der Waals surface area (Å²) >= 11 is 0. The van der Waals surface area contributed by atoms with Gasteiger partial charge in [0.1, 0.15) is 25.1 Å². The molecule has 0 bridgehead atoms. The topological polar surface area (TPSA) is 108 Å². The average molecular weight is 550 g/mol. The molecule has 1 aliphatic rings. The van der Waals surface area contributed by atoms with Crippen molar-refractivity contribution in [2.45, 2.75) is 51.4 Å². The van der Waals surface area contributed by atoms with E-state index in [2.05, 4.69) is 34.7 Å². The number of anilines is 2. The molecule has 2 heterocycles. The van der Waals surface area contributed by atoms with Gasteiger partial charge in [0.2, 0.25) is 5.91 Å². The van der Waals surface area contributed by atoms with Crippen LogP contribution in [0.2, 0.25) is 25.7 Å². The summed E-state index contributed by atoms with van der Waals surface area (Å²) in [5, 5.41) is 12.2. The van der Waals surface area contributed by atoms with Crippen LogP contribution in [0.1, 0.15) is 30.5 Å². The standard InChI is InChI=1S/C25H30F3N5O4Si/c1-5-20(18-6-8-19(9-7-18)37-25(26,27)28)31-24(35)32-15-22(34)33(16-36-10-11-38(2,3)4)21-12-17(13-29)14-30-23(21)32/h6-9,12,14,20H,5,10-11,15-16H2,1-4H3,(H,31,35). The Morgan fingerprint density at radius 2 is 1.95 bits per heavy atom. The van der Waals surface area contributed by atoms with Crippen molar-refractivity contribution in [3.8, 4) is 11.8 Å². The van der Waals surface area contributed by atoms with Gasteiger partial charge < -0.3 is 14.8 Å². The van der Waals surface area contributed by atoms with E-state index in [0.717, 1.165) is 6.04 Å². The molecular weight excluding hydrogens is 519 g/mol. The molecule has 0 saturated carbocycles. The van der Waals surface area contributed by atoms with E-state index in [1.54, 1.807) is 6.92 Å². The molecule has 2 aromatic rings. The van der Waals surface area contributed by atoms with Gasteiger partial charge in [-0.1, -0.05) is 38.7 Å². The molecule has 0 aliphatic carbocycles. The molecule has 1 aromatic heterocycles. The highest BCUT2D eigenvalue weighted by Gasteiger charge is 2.35. The van der Waals surface area contributed by atoms with Crippen LogP contribution in [0.15, 0.2) is 36.5 Å². The summed E-state index contributed by atoms with van der Waals surface area (Å²) < 4.78 is 47.0. The lowest BCUT2D eigenvalue weighted by atomic mass is 10.0. The Morgan fingerprint density at radius 1 is 1.26 bits per heavy atom. The largest absolute Gasteiger partial charge is 0.573 e. The number of nitrogens with zero attached hydrogens (tertiary/aromatic N) is 4. The molecule has 0 fully saturated rings. The Kier molecular flexibility index (Phi) is 9.00. The summed E-state index contributed by atoms with van der Waals surface area (Å²) in [6.07, 6.45) is -3.06. The van der Waals surface area contributed by atoms with E-state index in [9.17, 15) is 28.0 Å². The lowest BCUT2D eigenvalue weighted by molar-refractivity contribution is -0.274. The normalized spacial score (nSPS) is 14.5. The third-order valence-corrected chi connectivity index (χ3v) is 7.51. The Hall–Kier alpha value is -3.63. The van der Waals surface area contributed by atoms with Crippen LogP contribution in [-0.2, 0) is 9.53 Å². The zero-order valence-corrected chi connectivity index (χ0v) is 22.6. The molecule has 204 valence electrons. The van der Waals surface area contributed by atoms with Crippen molar-refractivity contribution in [3.05, 3.63) is 47.7 Å². The Labute approximate surface area is 220 Å². The molecule has 1 aromatic carbocycles. The fraction of sp³-hybridized carbons (Fsp3) is 0.440. The van der Waals surface area contributed by atoms with E-state index in [0.29, 0.717) is 18.6 Å². The van der Waals surface area contributed by atoms with Gasteiger partial charge in [-0.3, -0.25) is 14.6 Å². The van der Waals surface area contributed by atoms with Crippen molar-refractivity contribution < 1.29 is 32.2 Å². The average Bonchev–Trinajstić information content (AvgIpc) is 2.84. The number of fused-ring (bicyclic) bond motifs is 1. The number of alkyl halides is 3. The van der Waals surface area contributed by atoms with Crippen molar-refractivity contribution >= 4 is 31.5 Å². The number of amides is 3. The first kappa shape index (κ1) is 28.9. The van der Waals surface area contributed by atoms with Crippen LogP contribution in [0, 0.1) is 11.3 Å². The number of rotatable bonds is 9. The van der Waals surface area contributed by atoms with Crippen LogP contribution < -0.4 is 19.9 Å². The third-order valence-electron chi connectivity index (χ3n) is 5.80. The number of nitriles is 1. The number of nitrogens with one attached hydrogen (secondary N) is 1. The van der Waals surface area contributed by atoms with Crippen molar-refractivity contribution in [1.29, 1.82) is 5.26 Å². The minimum absolute atomic E-state index is 0.0355. The van der Waals surface area contributed by atoms with E-state index in [1.807, 2.05) is 6.07 Å². The number of urea groups is 1. The van der Waals surface area contributed by atoms with Gasteiger partial charge >= 0.3 is 12.4 Å². The van der Waals surface area contributed by atoms with Crippen LogP contribution in [0.3, 0.4) is 0 Å². The maximum absolute atomic E-state index is 13.3.